The molecular formula is C33H27NS. The number of fused-ring (bicyclic) bond motifs is 3. The molecule has 0 saturated carbocycles. The minimum atomic E-state index is 0.943. The molecule has 5 aromatic carbocycles. The lowest BCUT2D eigenvalue weighted by Crippen LogP contribution is -2.09. The Bertz CT molecular complexity index is 1580. The summed E-state index contributed by atoms with van der Waals surface area (Å²) in [5.41, 5.74) is 7.76. The lowest BCUT2D eigenvalue weighted by Gasteiger charge is -2.20. The van der Waals surface area contributed by atoms with Crippen LogP contribution in [0.25, 0.3) is 20.2 Å². The van der Waals surface area contributed by atoms with E-state index in [1.807, 2.05) is 11.3 Å². The number of benzene rings is 5. The van der Waals surface area contributed by atoms with Crippen LogP contribution in [0.3, 0.4) is 0 Å². The molecule has 0 amide bonds. The monoisotopic (exact) mass is 469 g/mol. The highest BCUT2D eigenvalue weighted by Gasteiger charge is 2.08. The summed E-state index contributed by atoms with van der Waals surface area (Å²) in [4.78, 5) is 2.25. The molecule has 1 nitrogen and oxygen atoms in total. The molecule has 0 unspecified atom stereocenters. The van der Waals surface area contributed by atoms with Gasteiger partial charge in [-0.15, -0.1) is 11.3 Å². The van der Waals surface area contributed by atoms with Gasteiger partial charge in [0.1, 0.15) is 0 Å². The van der Waals surface area contributed by atoms with Crippen LogP contribution in [0.15, 0.2) is 121 Å². The van der Waals surface area contributed by atoms with E-state index >= 15 is 0 Å². The standard InChI is InChI=1S/C33H27NS/c1-34(28-16-11-25(12-17-28)21-24-7-3-2-4-8-24)29-18-13-26(14-19-29)22-27-15-20-33-31(23-27)30-9-5-6-10-32(30)35-33/h2-20,23H,21-22H2,1H3. The summed E-state index contributed by atoms with van der Waals surface area (Å²) in [7, 11) is 2.14. The van der Waals surface area contributed by atoms with Gasteiger partial charge in [-0.25, -0.2) is 0 Å². The molecule has 6 rings (SSSR count). The third kappa shape index (κ3) is 4.58. The Labute approximate surface area is 210 Å². The van der Waals surface area contributed by atoms with Crippen molar-refractivity contribution >= 4 is 42.9 Å². The van der Waals surface area contributed by atoms with Crippen LogP contribution in [0.2, 0.25) is 0 Å². The largest absolute Gasteiger partial charge is 0.345 e. The number of anilines is 2. The summed E-state index contributed by atoms with van der Waals surface area (Å²) in [5.74, 6) is 0. The maximum absolute atomic E-state index is 2.37. The Morgan fingerprint density at radius 3 is 1.69 bits per heavy atom. The molecule has 0 spiro atoms. The number of hydrogen-bond acceptors (Lipinski definition) is 2. The molecule has 2 heteroatoms. The quantitative estimate of drug-likeness (QED) is 0.235. The van der Waals surface area contributed by atoms with E-state index in [1.165, 1.54) is 53.8 Å². The Balaban J connectivity index is 1.16. The molecule has 0 atom stereocenters. The summed E-state index contributed by atoms with van der Waals surface area (Å²) in [6.45, 7) is 0. The first-order valence-electron chi connectivity index (χ1n) is 12.1. The molecule has 1 aromatic heterocycles. The van der Waals surface area contributed by atoms with Crippen LogP contribution in [0, 0.1) is 0 Å². The lowest BCUT2D eigenvalue weighted by molar-refractivity contribution is 1.16. The van der Waals surface area contributed by atoms with Crippen molar-refractivity contribution in [2.24, 2.45) is 0 Å². The average Bonchev–Trinajstić information content (AvgIpc) is 3.28. The number of hydrogen-bond donors (Lipinski definition) is 0. The fourth-order valence-electron chi connectivity index (χ4n) is 4.77. The van der Waals surface area contributed by atoms with Gasteiger partial charge in [-0.1, -0.05) is 78.9 Å². The molecule has 0 bridgehead atoms. The van der Waals surface area contributed by atoms with Crippen LogP contribution in [0.1, 0.15) is 22.3 Å². The highest BCUT2D eigenvalue weighted by atomic mass is 32.1. The molecule has 170 valence electrons. The predicted octanol–water partition coefficient (Wildman–Crippen LogP) is 9.00. The lowest BCUT2D eigenvalue weighted by atomic mass is 10.0. The van der Waals surface area contributed by atoms with E-state index in [2.05, 4.69) is 133 Å². The van der Waals surface area contributed by atoms with Crippen LogP contribution in [-0.2, 0) is 12.8 Å². The van der Waals surface area contributed by atoms with Crippen molar-refractivity contribution in [3.63, 3.8) is 0 Å². The predicted molar refractivity (Wildman–Crippen MR) is 152 cm³/mol. The van der Waals surface area contributed by atoms with E-state index in [4.69, 9.17) is 0 Å². The van der Waals surface area contributed by atoms with Crippen LogP contribution in [0.4, 0.5) is 11.4 Å². The molecule has 0 fully saturated rings. The fourth-order valence-corrected chi connectivity index (χ4v) is 5.86. The molecule has 1 heterocycles. The summed E-state index contributed by atoms with van der Waals surface area (Å²) < 4.78 is 2.72. The second-order valence-electron chi connectivity index (χ2n) is 9.16. The summed E-state index contributed by atoms with van der Waals surface area (Å²) in [5, 5.41) is 2.73. The van der Waals surface area contributed by atoms with E-state index in [9.17, 15) is 0 Å². The molecule has 0 aliphatic carbocycles. The molecular weight excluding hydrogens is 442 g/mol. The summed E-state index contributed by atoms with van der Waals surface area (Å²) in [6, 6.07) is 44.1. The van der Waals surface area contributed by atoms with Gasteiger partial charge in [0.2, 0.25) is 0 Å². The van der Waals surface area contributed by atoms with Gasteiger partial charge in [-0.2, -0.15) is 0 Å². The fraction of sp³-hybridized carbons (Fsp3) is 0.0909. The Morgan fingerprint density at radius 2 is 1.00 bits per heavy atom. The highest BCUT2D eigenvalue weighted by Crippen LogP contribution is 2.34. The van der Waals surface area contributed by atoms with Gasteiger partial charge in [-0.3, -0.25) is 0 Å². The number of rotatable bonds is 6. The SMILES string of the molecule is CN(c1ccc(Cc2ccccc2)cc1)c1ccc(Cc2ccc3sc4ccccc4c3c2)cc1. The van der Waals surface area contributed by atoms with Crippen molar-refractivity contribution in [2.75, 3.05) is 11.9 Å². The molecule has 0 N–H and O–H groups in total. The van der Waals surface area contributed by atoms with Gasteiger partial charge >= 0.3 is 0 Å². The van der Waals surface area contributed by atoms with Crippen LogP contribution >= 0.6 is 11.3 Å². The Morgan fingerprint density at radius 1 is 0.486 bits per heavy atom. The van der Waals surface area contributed by atoms with Crippen molar-refractivity contribution in [1.82, 2.24) is 0 Å². The van der Waals surface area contributed by atoms with Crippen LogP contribution in [0.5, 0.6) is 0 Å². The minimum absolute atomic E-state index is 0.943. The molecule has 0 aliphatic rings. The highest BCUT2D eigenvalue weighted by molar-refractivity contribution is 7.25. The second-order valence-corrected chi connectivity index (χ2v) is 10.2. The maximum Gasteiger partial charge on any atom is 0.0408 e. The summed E-state index contributed by atoms with van der Waals surface area (Å²) >= 11 is 1.88. The minimum Gasteiger partial charge on any atom is -0.345 e. The number of nitrogens with zero attached hydrogens (tertiary/aromatic N) is 1. The first kappa shape index (κ1) is 21.6. The molecule has 35 heavy (non-hydrogen) atoms. The van der Waals surface area contributed by atoms with Crippen molar-refractivity contribution in [3.8, 4) is 0 Å². The Kier molecular flexibility index (Phi) is 5.81. The van der Waals surface area contributed by atoms with Crippen molar-refractivity contribution < 1.29 is 0 Å². The first-order chi connectivity index (χ1) is 17.2. The van der Waals surface area contributed by atoms with Gasteiger partial charge in [-0.05, 0) is 77.6 Å². The van der Waals surface area contributed by atoms with Gasteiger partial charge in [0.05, 0.1) is 0 Å². The average molecular weight is 470 g/mol. The maximum atomic E-state index is 2.37. The first-order valence-corrected chi connectivity index (χ1v) is 12.9. The zero-order valence-corrected chi connectivity index (χ0v) is 20.6. The van der Waals surface area contributed by atoms with E-state index in [-0.39, 0.29) is 0 Å². The van der Waals surface area contributed by atoms with Gasteiger partial charge < -0.3 is 4.90 Å². The Hall–Kier alpha value is -3.88. The van der Waals surface area contributed by atoms with Gasteiger partial charge in [0, 0.05) is 38.6 Å². The van der Waals surface area contributed by atoms with Gasteiger partial charge in [0.25, 0.3) is 0 Å². The third-order valence-corrected chi connectivity index (χ3v) is 7.90. The van der Waals surface area contributed by atoms with Crippen LogP contribution in [-0.4, -0.2) is 7.05 Å². The zero-order chi connectivity index (χ0) is 23.6. The van der Waals surface area contributed by atoms with Gasteiger partial charge in [0.15, 0.2) is 0 Å². The zero-order valence-electron chi connectivity index (χ0n) is 19.8. The molecule has 0 radical (unpaired) electrons. The van der Waals surface area contributed by atoms with Crippen LogP contribution < -0.4 is 4.90 Å². The second kappa shape index (κ2) is 9.40. The van der Waals surface area contributed by atoms with E-state index in [0.717, 1.165) is 12.8 Å². The molecule has 0 aliphatic heterocycles. The van der Waals surface area contributed by atoms with E-state index in [0.29, 0.717) is 0 Å². The normalized spacial score (nSPS) is 11.2. The third-order valence-electron chi connectivity index (χ3n) is 6.75. The topological polar surface area (TPSA) is 3.24 Å². The molecule has 0 saturated heterocycles. The van der Waals surface area contributed by atoms with E-state index in [1.54, 1.807) is 0 Å². The van der Waals surface area contributed by atoms with Crippen molar-refractivity contribution in [1.29, 1.82) is 0 Å². The number of thiophene rings is 1. The van der Waals surface area contributed by atoms with Crippen molar-refractivity contribution in [2.45, 2.75) is 12.8 Å². The summed E-state index contributed by atoms with van der Waals surface area (Å²) in [6.07, 6.45) is 1.91. The smallest absolute Gasteiger partial charge is 0.0408 e. The van der Waals surface area contributed by atoms with Crippen molar-refractivity contribution in [3.05, 3.63) is 144 Å². The molecule has 6 aromatic rings. The van der Waals surface area contributed by atoms with E-state index < -0.39 is 0 Å².